The molecule has 0 bridgehead atoms. The third-order valence-corrected chi connectivity index (χ3v) is 5.89. The first-order valence-corrected chi connectivity index (χ1v) is 11.1. The van der Waals surface area contributed by atoms with Gasteiger partial charge in [0.15, 0.2) is 16.6 Å². The molecular weight excluding hydrogens is 442 g/mol. The zero-order valence-corrected chi connectivity index (χ0v) is 20.1. The van der Waals surface area contributed by atoms with E-state index in [0.717, 1.165) is 5.56 Å². The lowest BCUT2D eigenvalue weighted by Gasteiger charge is -2.30. The summed E-state index contributed by atoms with van der Waals surface area (Å²) in [4.78, 5) is 29.2. The van der Waals surface area contributed by atoms with E-state index in [1.807, 2.05) is 25.1 Å². The molecule has 2 amide bonds. The van der Waals surface area contributed by atoms with Crippen LogP contribution < -0.4 is 24.4 Å². The van der Waals surface area contributed by atoms with E-state index in [9.17, 15) is 9.59 Å². The number of ether oxygens (including phenoxy) is 3. The largest absolute Gasteiger partial charge is 0.497 e. The minimum Gasteiger partial charge on any atom is -0.497 e. The van der Waals surface area contributed by atoms with Gasteiger partial charge in [0.1, 0.15) is 11.8 Å². The van der Waals surface area contributed by atoms with E-state index in [1.165, 1.54) is 4.90 Å². The molecule has 3 rings (SSSR count). The Morgan fingerprint density at radius 3 is 2.36 bits per heavy atom. The summed E-state index contributed by atoms with van der Waals surface area (Å²) in [6.45, 7) is 3.01. The second-order valence-electron chi connectivity index (χ2n) is 7.45. The van der Waals surface area contributed by atoms with Crippen LogP contribution in [0.1, 0.15) is 18.9 Å². The van der Waals surface area contributed by atoms with Crippen molar-refractivity contribution in [3.05, 3.63) is 48.0 Å². The SMILES string of the molecule is CCNC(=S)N(CCc1ccc(OC)c(OC)c1)[C@H]1CC(=O)N(c2ccc(OC)cc2)C1=O. The number of imide groups is 1. The molecule has 2 aromatic carbocycles. The number of carbonyl (C=O) groups is 2. The highest BCUT2D eigenvalue weighted by atomic mass is 32.1. The van der Waals surface area contributed by atoms with Crippen LogP contribution in [0.15, 0.2) is 42.5 Å². The molecule has 2 aromatic rings. The van der Waals surface area contributed by atoms with Crippen LogP contribution in [-0.4, -0.2) is 62.3 Å². The molecule has 0 aromatic heterocycles. The van der Waals surface area contributed by atoms with Crippen molar-refractivity contribution in [1.82, 2.24) is 10.2 Å². The van der Waals surface area contributed by atoms with Gasteiger partial charge < -0.3 is 24.4 Å². The molecule has 33 heavy (non-hydrogen) atoms. The van der Waals surface area contributed by atoms with Crippen LogP contribution in [-0.2, 0) is 16.0 Å². The topological polar surface area (TPSA) is 80.3 Å². The number of anilines is 1. The van der Waals surface area contributed by atoms with Crippen LogP contribution in [0.5, 0.6) is 17.2 Å². The maximum absolute atomic E-state index is 13.3. The average Bonchev–Trinajstić information content (AvgIpc) is 3.12. The molecule has 9 heteroatoms. The lowest BCUT2D eigenvalue weighted by Crippen LogP contribution is -2.50. The normalized spacial score (nSPS) is 15.4. The Morgan fingerprint density at radius 2 is 1.76 bits per heavy atom. The number of methoxy groups -OCH3 is 3. The summed E-state index contributed by atoms with van der Waals surface area (Å²) in [6.07, 6.45) is 0.661. The molecule has 1 aliphatic rings. The van der Waals surface area contributed by atoms with Crippen LogP contribution in [0.2, 0.25) is 0 Å². The molecule has 1 fully saturated rings. The Balaban J connectivity index is 1.81. The van der Waals surface area contributed by atoms with E-state index < -0.39 is 6.04 Å². The summed E-state index contributed by atoms with van der Waals surface area (Å²) in [5.41, 5.74) is 1.52. The summed E-state index contributed by atoms with van der Waals surface area (Å²) < 4.78 is 15.9. The second kappa shape index (κ2) is 11.0. The minimum absolute atomic E-state index is 0.0579. The Bertz CT molecular complexity index is 1010. The van der Waals surface area contributed by atoms with Gasteiger partial charge in [0.2, 0.25) is 5.91 Å². The lowest BCUT2D eigenvalue weighted by atomic mass is 10.1. The molecule has 1 atom stereocenters. The summed E-state index contributed by atoms with van der Waals surface area (Å²) >= 11 is 5.57. The van der Waals surface area contributed by atoms with Crippen molar-refractivity contribution in [3.63, 3.8) is 0 Å². The van der Waals surface area contributed by atoms with Gasteiger partial charge in [-0.3, -0.25) is 9.59 Å². The zero-order chi connectivity index (χ0) is 24.0. The molecule has 0 aliphatic carbocycles. The number of thiocarbonyl (C=S) groups is 1. The fourth-order valence-corrected chi connectivity index (χ4v) is 4.16. The predicted octanol–water partition coefficient (Wildman–Crippen LogP) is 2.78. The van der Waals surface area contributed by atoms with Crippen LogP contribution in [0, 0.1) is 0 Å². The number of benzene rings is 2. The van der Waals surface area contributed by atoms with Crippen molar-refractivity contribution in [3.8, 4) is 17.2 Å². The number of nitrogens with one attached hydrogen (secondary N) is 1. The molecule has 1 saturated heterocycles. The first-order valence-electron chi connectivity index (χ1n) is 10.7. The third kappa shape index (κ3) is 5.36. The number of hydrogen-bond donors (Lipinski definition) is 1. The summed E-state index contributed by atoms with van der Waals surface area (Å²) in [5, 5.41) is 3.56. The van der Waals surface area contributed by atoms with Crippen molar-refractivity contribution in [2.24, 2.45) is 0 Å². The highest BCUT2D eigenvalue weighted by Gasteiger charge is 2.43. The van der Waals surface area contributed by atoms with E-state index >= 15 is 0 Å². The first kappa shape index (κ1) is 24.3. The lowest BCUT2D eigenvalue weighted by molar-refractivity contribution is -0.122. The van der Waals surface area contributed by atoms with Gasteiger partial charge in [-0.1, -0.05) is 6.07 Å². The van der Waals surface area contributed by atoms with Crippen molar-refractivity contribution in [1.29, 1.82) is 0 Å². The summed E-state index contributed by atoms with van der Waals surface area (Å²) in [5.74, 6) is 1.38. The van der Waals surface area contributed by atoms with Crippen molar-refractivity contribution >= 4 is 34.8 Å². The number of carbonyl (C=O) groups excluding carboxylic acids is 2. The molecule has 1 heterocycles. The van der Waals surface area contributed by atoms with Crippen LogP contribution >= 0.6 is 12.2 Å². The Kier molecular flexibility index (Phi) is 8.11. The predicted molar refractivity (Wildman–Crippen MR) is 130 cm³/mol. The fourth-order valence-electron chi connectivity index (χ4n) is 3.80. The molecule has 1 aliphatic heterocycles. The molecule has 0 radical (unpaired) electrons. The Morgan fingerprint density at radius 1 is 1.06 bits per heavy atom. The molecular formula is C24H29N3O5S. The van der Waals surface area contributed by atoms with Crippen molar-refractivity contribution in [2.75, 3.05) is 39.3 Å². The zero-order valence-electron chi connectivity index (χ0n) is 19.3. The summed E-state index contributed by atoms with van der Waals surface area (Å²) in [7, 11) is 4.74. The molecule has 1 N–H and O–H groups in total. The highest BCUT2D eigenvalue weighted by Crippen LogP contribution is 2.29. The van der Waals surface area contributed by atoms with Crippen molar-refractivity contribution in [2.45, 2.75) is 25.8 Å². The van der Waals surface area contributed by atoms with E-state index in [-0.39, 0.29) is 18.2 Å². The van der Waals surface area contributed by atoms with Gasteiger partial charge in [0.05, 0.1) is 33.4 Å². The standard InChI is InChI=1S/C24H29N3O5S/c1-5-25-24(33)26(13-12-16-6-11-20(31-3)21(14-16)32-4)19-15-22(28)27(23(19)29)17-7-9-18(30-2)10-8-17/h6-11,14,19H,5,12-13,15H2,1-4H3,(H,25,33)/t19-/m0/s1. The van der Waals surface area contributed by atoms with E-state index in [4.69, 9.17) is 26.4 Å². The summed E-state index contributed by atoms with van der Waals surface area (Å²) in [6, 6.07) is 11.9. The third-order valence-electron chi connectivity index (χ3n) is 5.51. The van der Waals surface area contributed by atoms with E-state index in [1.54, 1.807) is 50.5 Å². The van der Waals surface area contributed by atoms with Gasteiger partial charge in [-0.2, -0.15) is 0 Å². The van der Waals surface area contributed by atoms with Crippen LogP contribution in [0.3, 0.4) is 0 Å². The first-order chi connectivity index (χ1) is 15.9. The fraction of sp³-hybridized carbons (Fsp3) is 0.375. The van der Waals surface area contributed by atoms with Crippen molar-refractivity contribution < 1.29 is 23.8 Å². The number of rotatable bonds is 9. The Hall–Kier alpha value is -3.33. The van der Waals surface area contributed by atoms with Gasteiger partial charge in [0.25, 0.3) is 5.91 Å². The molecule has 0 saturated carbocycles. The number of amides is 2. The van der Waals surface area contributed by atoms with Gasteiger partial charge in [-0.15, -0.1) is 0 Å². The smallest absolute Gasteiger partial charge is 0.257 e. The molecule has 0 spiro atoms. The van der Waals surface area contributed by atoms with Gasteiger partial charge in [-0.25, -0.2) is 4.90 Å². The molecule has 8 nitrogen and oxygen atoms in total. The number of nitrogens with zero attached hydrogens (tertiary/aromatic N) is 2. The van der Waals surface area contributed by atoms with Gasteiger partial charge in [0, 0.05) is 13.1 Å². The van der Waals surface area contributed by atoms with Crippen LogP contribution in [0.25, 0.3) is 0 Å². The maximum Gasteiger partial charge on any atom is 0.257 e. The van der Waals surface area contributed by atoms with E-state index in [2.05, 4.69) is 5.32 Å². The molecule has 0 unspecified atom stereocenters. The molecule has 176 valence electrons. The minimum atomic E-state index is -0.675. The Labute approximate surface area is 199 Å². The van der Waals surface area contributed by atoms with Gasteiger partial charge >= 0.3 is 0 Å². The quantitative estimate of drug-likeness (QED) is 0.442. The maximum atomic E-state index is 13.3. The average molecular weight is 472 g/mol. The van der Waals surface area contributed by atoms with Crippen LogP contribution in [0.4, 0.5) is 5.69 Å². The second-order valence-corrected chi connectivity index (χ2v) is 7.84. The monoisotopic (exact) mass is 471 g/mol. The van der Waals surface area contributed by atoms with Gasteiger partial charge in [-0.05, 0) is 67.5 Å². The number of hydrogen-bond acceptors (Lipinski definition) is 6. The van der Waals surface area contributed by atoms with E-state index in [0.29, 0.717) is 47.6 Å². The highest BCUT2D eigenvalue weighted by molar-refractivity contribution is 7.80.